The van der Waals surface area contributed by atoms with Gasteiger partial charge in [-0.05, 0) is 11.5 Å². The molecule has 0 unspecified atom stereocenters. The van der Waals surface area contributed by atoms with E-state index >= 15 is 0 Å². The molecule has 0 amide bonds. The first-order valence-electron chi connectivity index (χ1n) is 6.73. The zero-order valence-corrected chi connectivity index (χ0v) is 11.6. The van der Waals surface area contributed by atoms with Gasteiger partial charge in [-0.1, -0.05) is 39.0 Å². The topological polar surface area (TPSA) is 35.5 Å². The summed E-state index contributed by atoms with van der Waals surface area (Å²) in [4.78, 5) is 2.48. The van der Waals surface area contributed by atoms with Crippen LogP contribution < -0.4 is 5.32 Å². The van der Waals surface area contributed by atoms with Crippen LogP contribution in [0.2, 0.25) is 0 Å². The molecule has 1 saturated heterocycles. The number of rotatable bonds is 2. The number of para-hydroxylation sites is 1. The van der Waals surface area contributed by atoms with Crippen molar-refractivity contribution in [2.75, 3.05) is 26.2 Å². The highest BCUT2D eigenvalue weighted by molar-refractivity contribution is 5.35. The minimum absolute atomic E-state index is 0.107. The van der Waals surface area contributed by atoms with E-state index in [1.54, 1.807) is 6.07 Å². The lowest BCUT2D eigenvalue weighted by atomic mass is 9.80. The summed E-state index contributed by atoms with van der Waals surface area (Å²) in [7, 11) is 0. The lowest BCUT2D eigenvalue weighted by Crippen LogP contribution is -2.48. The molecule has 100 valence electrons. The fourth-order valence-electron chi connectivity index (χ4n) is 2.87. The summed E-state index contributed by atoms with van der Waals surface area (Å²) in [5.41, 5.74) is 1.16. The predicted molar refractivity (Wildman–Crippen MR) is 74.7 cm³/mol. The summed E-state index contributed by atoms with van der Waals surface area (Å²) >= 11 is 0. The van der Waals surface area contributed by atoms with Crippen molar-refractivity contribution < 1.29 is 5.11 Å². The van der Waals surface area contributed by atoms with E-state index in [4.69, 9.17) is 0 Å². The van der Waals surface area contributed by atoms with Gasteiger partial charge in [-0.15, -0.1) is 0 Å². The summed E-state index contributed by atoms with van der Waals surface area (Å²) < 4.78 is 0. The fourth-order valence-corrected chi connectivity index (χ4v) is 2.87. The smallest absolute Gasteiger partial charge is 0.120 e. The van der Waals surface area contributed by atoms with Gasteiger partial charge in [-0.25, -0.2) is 0 Å². The van der Waals surface area contributed by atoms with Gasteiger partial charge in [-0.2, -0.15) is 0 Å². The number of phenols is 1. The van der Waals surface area contributed by atoms with Crippen LogP contribution in [0.5, 0.6) is 5.75 Å². The molecule has 1 atom stereocenters. The SMILES string of the molecule is CC(C)(C)[C@@H](c1ccccc1O)N1CCNCC1. The Morgan fingerprint density at radius 3 is 2.33 bits per heavy atom. The van der Waals surface area contributed by atoms with Crippen molar-refractivity contribution in [3.63, 3.8) is 0 Å². The molecule has 2 rings (SSSR count). The molecule has 1 fully saturated rings. The maximum Gasteiger partial charge on any atom is 0.120 e. The standard InChI is InChI=1S/C15H24N2O/c1-15(2,3)14(17-10-8-16-9-11-17)12-6-4-5-7-13(12)18/h4-7,14,16,18H,8-11H2,1-3H3/t14-/m1/s1. The molecular formula is C15H24N2O. The molecule has 3 heteroatoms. The Hall–Kier alpha value is -1.06. The van der Waals surface area contributed by atoms with Crippen LogP contribution in [0.1, 0.15) is 32.4 Å². The van der Waals surface area contributed by atoms with E-state index in [1.165, 1.54) is 0 Å². The van der Waals surface area contributed by atoms with Crippen molar-refractivity contribution >= 4 is 0 Å². The Bertz CT molecular complexity index is 392. The Kier molecular flexibility index (Phi) is 3.93. The summed E-state index contributed by atoms with van der Waals surface area (Å²) in [6.07, 6.45) is 0. The third-order valence-corrected chi connectivity index (χ3v) is 3.57. The van der Waals surface area contributed by atoms with Gasteiger partial charge in [-0.3, -0.25) is 4.90 Å². The molecule has 1 aromatic rings. The van der Waals surface area contributed by atoms with Crippen LogP contribution in [0.25, 0.3) is 0 Å². The van der Waals surface area contributed by atoms with Gasteiger partial charge in [0.25, 0.3) is 0 Å². The normalized spacial score (nSPS) is 19.7. The molecule has 0 bridgehead atoms. The lowest BCUT2D eigenvalue weighted by molar-refractivity contribution is 0.0842. The van der Waals surface area contributed by atoms with Crippen molar-refractivity contribution in [1.29, 1.82) is 0 Å². The van der Waals surface area contributed by atoms with Gasteiger partial charge in [0.1, 0.15) is 5.75 Å². The zero-order valence-electron chi connectivity index (χ0n) is 11.6. The van der Waals surface area contributed by atoms with E-state index in [2.05, 4.69) is 31.0 Å². The van der Waals surface area contributed by atoms with Crippen LogP contribution >= 0.6 is 0 Å². The van der Waals surface area contributed by atoms with Crippen LogP contribution in [-0.4, -0.2) is 36.2 Å². The molecule has 0 aliphatic carbocycles. The van der Waals surface area contributed by atoms with Crippen molar-refractivity contribution in [1.82, 2.24) is 10.2 Å². The number of phenolic OH excluding ortho intramolecular Hbond substituents is 1. The summed E-state index contributed by atoms with van der Waals surface area (Å²) in [6, 6.07) is 8.00. The Morgan fingerprint density at radius 1 is 1.17 bits per heavy atom. The fraction of sp³-hybridized carbons (Fsp3) is 0.600. The van der Waals surface area contributed by atoms with E-state index < -0.39 is 0 Å². The van der Waals surface area contributed by atoms with E-state index in [-0.39, 0.29) is 11.5 Å². The first-order valence-corrected chi connectivity index (χ1v) is 6.73. The zero-order chi connectivity index (χ0) is 13.2. The average Bonchev–Trinajstić information content (AvgIpc) is 2.32. The first-order chi connectivity index (χ1) is 8.50. The number of benzene rings is 1. The van der Waals surface area contributed by atoms with Crippen LogP contribution in [-0.2, 0) is 0 Å². The first kappa shape index (κ1) is 13.4. The van der Waals surface area contributed by atoms with Crippen molar-refractivity contribution in [2.24, 2.45) is 5.41 Å². The molecule has 0 aromatic heterocycles. The number of hydrogen-bond acceptors (Lipinski definition) is 3. The quantitative estimate of drug-likeness (QED) is 0.843. The number of nitrogens with zero attached hydrogens (tertiary/aromatic N) is 1. The summed E-state index contributed by atoms with van der Waals surface area (Å²) in [6.45, 7) is 10.9. The predicted octanol–water partition coefficient (Wildman–Crippen LogP) is 2.38. The summed E-state index contributed by atoms with van der Waals surface area (Å²) in [5, 5.41) is 13.5. The molecule has 1 heterocycles. The van der Waals surface area contributed by atoms with Crippen LogP contribution in [0, 0.1) is 5.41 Å². The molecule has 0 saturated carbocycles. The van der Waals surface area contributed by atoms with Gasteiger partial charge in [0.05, 0.1) is 0 Å². The minimum atomic E-state index is 0.107. The van der Waals surface area contributed by atoms with Gasteiger partial charge >= 0.3 is 0 Å². The Morgan fingerprint density at radius 2 is 1.78 bits per heavy atom. The minimum Gasteiger partial charge on any atom is -0.508 e. The molecule has 0 radical (unpaired) electrons. The maximum absolute atomic E-state index is 10.1. The van der Waals surface area contributed by atoms with Crippen LogP contribution in [0.15, 0.2) is 24.3 Å². The van der Waals surface area contributed by atoms with E-state index in [0.717, 1.165) is 31.7 Å². The van der Waals surface area contributed by atoms with Crippen molar-refractivity contribution in [2.45, 2.75) is 26.8 Å². The van der Waals surface area contributed by atoms with Crippen LogP contribution in [0.4, 0.5) is 0 Å². The van der Waals surface area contributed by atoms with Gasteiger partial charge < -0.3 is 10.4 Å². The number of piperazine rings is 1. The second-order valence-electron chi connectivity index (χ2n) is 6.11. The van der Waals surface area contributed by atoms with Gasteiger partial charge in [0.2, 0.25) is 0 Å². The molecule has 1 aliphatic rings. The third-order valence-electron chi connectivity index (χ3n) is 3.57. The second-order valence-corrected chi connectivity index (χ2v) is 6.11. The number of hydrogen-bond donors (Lipinski definition) is 2. The highest BCUT2D eigenvalue weighted by atomic mass is 16.3. The maximum atomic E-state index is 10.1. The molecule has 2 N–H and O–H groups in total. The molecule has 1 aromatic carbocycles. The number of aromatic hydroxyl groups is 1. The van der Waals surface area contributed by atoms with Gasteiger partial charge in [0, 0.05) is 37.8 Å². The van der Waals surface area contributed by atoms with Crippen molar-refractivity contribution in [3.8, 4) is 5.75 Å². The van der Waals surface area contributed by atoms with Crippen LogP contribution in [0.3, 0.4) is 0 Å². The third kappa shape index (κ3) is 2.85. The highest BCUT2D eigenvalue weighted by Crippen LogP contribution is 2.41. The Labute approximate surface area is 110 Å². The summed E-state index contributed by atoms with van der Waals surface area (Å²) in [5.74, 6) is 0.413. The molecule has 0 spiro atoms. The van der Waals surface area contributed by atoms with E-state index in [0.29, 0.717) is 5.75 Å². The molecular weight excluding hydrogens is 224 g/mol. The van der Waals surface area contributed by atoms with Gasteiger partial charge in [0.15, 0.2) is 0 Å². The Balaban J connectivity index is 2.34. The van der Waals surface area contributed by atoms with E-state index in [9.17, 15) is 5.11 Å². The molecule has 18 heavy (non-hydrogen) atoms. The second kappa shape index (κ2) is 5.29. The molecule has 3 nitrogen and oxygen atoms in total. The lowest BCUT2D eigenvalue weighted by Gasteiger charge is -2.42. The average molecular weight is 248 g/mol. The molecule has 1 aliphatic heterocycles. The number of nitrogens with one attached hydrogen (secondary N) is 1. The van der Waals surface area contributed by atoms with E-state index in [1.807, 2.05) is 18.2 Å². The monoisotopic (exact) mass is 248 g/mol. The highest BCUT2D eigenvalue weighted by Gasteiger charge is 2.33. The largest absolute Gasteiger partial charge is 0.508 e. The van der Waals surface area contributed by atoms with Crippen molar-refractivity contribution in [3.05, 3.63) is 29.8 Å².